The van der Waals surface area contributed by atoms with Crippen molar-refractivity contribution in [2.45, 2.75) is 65.8 Å². The van der Waals surface area contributed by atoms with Crippen LogP contribution in [0.4, 0.5) is 17.5 Å². The van der Waals surface area contributed by atoms with Gasteiger partial charge in [0.05, 0.1) is 6.20 Å². The van der Waals surface area contributed by atoms with E-state index in [0.717, 1.165) is 12.1 Å². The Morgan fingerprint density at radius 2 is 1.62 bits per heavy atom. The Hall–Kier alpha value is -2.17. The van der Waals surface area contributed by atoms with Gasteiger partial charge in [-0.2, -0.15) is 10.1 Å². The van der Waals surface area contributed by atoms with Crippen molar-refractivity contribution in [3.63, 3.8) is 0 Å². The molecule has 0 saturated carbocycles. The molecule has 1 unspecified atom stereocenters. The van der Waals surface area contributed by atoms with Crippen LogP contribution >= 0.6 is 0 Å². The van der Waals surface area contributed by atoms with Crippen LogP contribution in [0.2, 0.25) is 0 Å². The number of hydrogen-bond acceptors (Lipinski definition) is 5. The van der Waals surface area contributed by atoms with Gasteiger partial charge in [0.1, 0.15) is 0 Å². The number of aromatic nitrogens is 3. The average molecular weight is 327 g/mol. The first-order valence-corrected chi connectivity index (χ1v) is 8.78. The van der Waals surface area contributed by atoms with Crippen LogP contribution < -0.4 is 10.6 Å². The summed E-state index contributed by atoms with van der Waals surface area (Å²) in [7, 11) is 0. The SMILES string of the molecule is CCC(C)Nc1nncc(Nc2c(C(C)C)cccc2C(C)C)n1. The van der Waals surface area contributed by atoms with E-state index in [4.69, 9.17) is 0 Å². The van der Waals surface area contributed by atoms with Gasteiger partial charge in [-0.3, -0.25) is 0 Å². The van der Waals surface area contributed by atoms with E-state index in [1.165, 1.54) is 11.1 Å². The average Bonchev–Trinajstić information content (AvgIpc) is 2.54. The largest absolute Gasteiger partial charge is 0.350 e. The minimum Gasteiger partial charge on any atom is -0.350 e. The maximum absolute atomic E-state index is 4.56. The molecule has 2 aromatic rings. The molecule has 0 amide bonds. The Balaban J connectivity index is 2.35. The third-order valence-electron chi connectivity index (χ3n) is 4.17. The van der Waals surface area contributed by atoms with Crippen molar-refractivity contribution < 1.29 is 0 Å². The second-order valence-electron chi connectivity index (χ2n) is 6.86. The summed E-state index contributed by atoms with van der Waals surface area (Å²) in [5, 5.41) is 14.9. The highest BCUT2D eigenvalue weighted by Crippen LogP contribution is 2.34. The topological polar surface area (TPSA) is 62.7 Å². The molecule has 0 aliphatic carbocycles. The molecule has 2 N–H and O–H groups in total. The molecule has 1 aromatic carbocycles. The summed E-state index contributed by atoms with van der Waals surface area (Å²) >= 11 is 0. The van der Waals surface area contributed by atoms with Crippen LogP contribution in [0.1, 0.15) is 70.9 Å². The number of anilines is 3. The van der Waals surface area contributed by atoms with Crippen molar-refractivity contribution in [2.24, 2.45) is 0 Å². The fourth-order valence-electron chi connectivity index (χ4n) is 2.57. The van der Waals surface area contributed by atoms with E-state index in [2.05, 4.69) is 85.6 Å². The molecule has 24 heavy (non-hydrogen) atoms. The lowest BCUT2D eigenvalue weighted by molar-refractivity contribution is 0.746. The smallest absolute Gasteiger partial charge is 0.244 e. The predicted octanol–water partition coefficient (Wildman–Crippen LogP) is 5.07. The monoisotopic (exact) mass is 327 g/mol. The third kappa shape index (κ3) is 4.43. The standard InChI is InChI=1S/C19H29N5/c1-7-14(6)21-19-23-17(11-20-24-19)22-18-15(12(2)3)9-8-10-16(18)13(4)5/h8-14H,7H2,1-6H3,(H2,21,22,23,24). The van der Waals surface area contributed by atoms with Gasteiger partial charge in [0.2, 0.25) is 5.95 Å². The molecule has 0 radical (unpaired) electrons. The van der Waals surface area contributed by atoms with E-state index in [-0.39, 0.29) is 0 Å². The number of hydrogen-bond donors (Lipinski definition) is 2. The van der Waals surface area contributed by atoms with E-state index < -0.39 is 0 Å². The molecule has 1 atom stereocenters. The van der Waals surface area contributed by atoms with E-state index in [9.17, 15) is 0 Å². The van der Waals surface area contributed by atoms with Gasteiger partial charge in [-0.15, -0.1) is 5.10 Å². The number of nitrogens with zero attached hydrogens (tertiary/aromatic N) is 3. The van der Waals surface area contributed by atoms with Gasteiger partial charge < -0.3 is 10.6 Å². The molecule has 130 valence electrons. The summed E-state index contributed by atoms with van der Waals surface area (Å²) in [6.45, 7) is 13.1. The molecule has 0 spiro atoms. The minimum atomic E-state index is 0.316. The van der Waals surface area contributed by atoms with Crippen LogP contribution in [0.25, 0.3) is 0 Å². The molecular weight excluding hydrogens is 298 g/mol. The summed E-state index contributed by atoms with van der Waals surface area (Å²) in [6.07, 6.45) is 2.68. The van der Waals surface area contributed by atoms with Gasteiger partial charge in [-0.1, -0.05) is 52.8 Å². The number of benzene rings is 1. The molecule has 2 rings (SSSR count). The second kappa shape index (κ2) is 8.08. The molecular formula is C19H29N5. The van der Waals surface area contributed by atoms with Gasteiger partial charge in [0.15, 0.2) is 5.82 Å². The first-order valence-electron chi connectivity index (χ1n) is 8.78. The molecule has 5 heteroatoms. The lowest BCUT2D eigenvalue weighted by atomic mass is 9.92. The number of para-hydroxylation sites is 1. The molecule has 1 heterocycles. The van der Waals surface area contributed by atoms with Crippen LogP contribution in [-0.4, -0.2) is 21.2 Å². The van der Waals surface area contributed by atoms with Crippen LogP contribution in [-0.2, 0) is 0 Å². The maximum atomic E-state index is 4.56. The van der Waals surface area contributed by atoms with Gasteiger partial charge in [-0.25, -0.2) is 0 Å². The number of rotatable bonds is 7. The highest BCUT2D eigenvalue weighted by atomic mass is 15.3. The van der Waals surface area contributed by atoms with Crippen LogP contribution in [0.15, 0.2) is 24.4 Å². The Morgan fingerprint density at radius 3 is 2.17 bits per heavy atom. The maximum Gasteiger partial charge on any atom is 0.244 e. The molecule has 1 aromatic heterocycles. The van der Waals surface area contributed by atoms with Crippen molar-refractivity contribution >= 4 is 17.5 Å². The summed E-state index contributed by atoms with van der Waals surface area (Å²) in [4.78, 5) is 4.56. The molecule has 0 fully saturated rings. The Labute approximate surface area is 145 Å². The van der Waals surface area contributed by atoms with Crippen molar-refractivity contribution in [3.05, 3.63) is 35.5 Å². The first-order chi connectivity index (χ1) is 11.4. The fourth-order valence-corrected chi connectivity index (χ4v) is 2.57. The fraction of sp³-hybridized carbons (Fsp3) is 0.526. The lowest BCUT2D eigenvalue weighted by Gasteiger charge is -2.20. The van der Waals surface area contributed by atoms with Crippen molar-refractivity contribution in [3.8, 4) is 0 Å². The van der Waals surface area contributed by atoms with Crippen LogP contribution in [0, 0.1) is 0 Å². The zero-order valence-electron chi connectivity index (χ0n) is 15.6. The summed E-state index contributed by atoms with van der Waals surface area (Å²) in [5.41, 5.74) is 3.71. The van der Waals surface area contributed by atoms with E-state index in [1.54, 1.807) is 6.20 Å². The van der Waals surface area contributed by atoms with Gasteiger partial charge in [0, 0.05) is 11.7 Å². The van der Waals surface area contributed by atoms with Crippen molar-refractivity contribution in [2.75, 3.05) is 10.6 Å². The molecule has 0 aliphatic rings. The Morgan fingerprint density at radius 1 is 1.00 bits per heavy atom. The van der Waals surface area contributed by atoms with Gasteiger partial charge in [-0.05, 0) is 36.3 Å². The zero-order valence-corrected chi connectivity index (χ0v) is 15.6. The molecule has 5 nitrogen and oxygen atoms in total. The molecule has 0 saturated heterocycles. The number of nitrogens with one attached hydrogen (secondary N) is 2. The van der Waals surface area contributed by atoms with E-state index in [0.29, 0.717) is 29.6 Å². The quantitative estimate of drug-likeness (QED) is 0.743. The molecule has 0 bridgehead atoms. The summed E-state index contributed by atoms with van der Waals surface area (Å²) in [6, 6.07) is 6.79. The van der Waals surface area contributed by atoms with Crippen LogP contribution in [0.5, 0.6) is 0 Å². The minimum absolute atomic E-state index is 0.316. The Bertz CT molecular complexity index is 640. The molecule has 0 aliphatic heterocycles. The van der Waals surface area contributed by atoms with Crippen molar-refractivity contribution in [1.82, 2.24) is 15.2 Å². The van der Waals surface area contributed by atoms with E-state index >= 15 is 0 Å². The summed E-state index contributed by atoms with van der Waals surface area (Å²) < 4.78 is 0. The summed E-state index contributed by atoms with van der Waals surface area (Å²) in [5.74, 6) is 2.13. The predicted molar refractivity (Wildman–Crippen MR) is 101 cm³/mol. The first kappa shape index (κ1) is 18.2. The third-order valence-corrected chi connectivity index (χ3v) is 4.17. The second-order valence-corrected chi connectivity index (χ2v) is 6.86. The zero-order chi connectivity index (χ0) is 17.7. The lowest BCUT2D eigenvalue weighted by Crippen LogP contribution is -2.16. The van der Waals surface area contributed by atoms with E-state index in [1.807, 2.05) is 0 Å². The normalized spacial score (nSPS) is 12.5. The van der Waals surface area contributed by atoms with Crippen LogP contribution in [0.3, 0.4) is 0 Å². The highest BCUT2D eigenvalue weighted by Gasteiger charge is 2.15. The van der Waals surface area contributed by atoms with Crippen molar-refractivity contribution in [1.29, 1.82) is 0 Å². The van der Waals surface area contributed by atoms with Gasteiger partial charge >= 0.3 is 0 Å². The highest BCUT2D eigenvalue weighted by molar-refractivity contribution is 5.66. The van der Waals surface area contributed by atoms with Gasteiger partial charge in [0.25, 0.3) is 0 Å². The Kier molecular flexibility index (Phi) is 6.12.